The second kappa shape index (κ2) is 11.1. The Labute approximate surface area is 199 Å². The number of phenolic OH excluding ortho intramolecular Hbond substituents is 1. The zero-order valence-corrected chi connectivity index (χ0v) is 21.4. The lowest BCUT2D eigenvalue weighted by molar-refractivity contribution is -0.117. The number of amides is 1. The number of hydrogen-bond donors (Lipinski definition) is 3. The van der Waals surface area contributed by atoms with Gasteiger partial charge in [-0.15, -0.1) is 0 Å². The summed E-state index contributed by atoms with van der Waals surface area (Å²) in [4.78, 5) is 12.4. The Morgan fingerprint density at radius 3 is 2.27 bits per heavy atom. The van der Waals surface area contributed by atoms with Crippen LogP contribution in [-0.2, 0) is 15.6 Å². The van der Waals surface area contributed by atoms with Crippen molar-refractivity contribution < 1.29 is 14.6 Å². The van der Waals surface area contributed by atoms with Crippen LogP contribution in [0.5, 0.6) is 11.5 Å². The van der Waals surface area contributed by atoms with Crippen LogP contribution < -0.4 is 15.8 Å². The largest absolute Gasteiger partial charge is 0.506 e. The van der Waals surface area contributed by atoms with Crippen molar-refractivity contribution in [3.63, 3.8) is 0 Å². The normalized spacial score (nSPS) is 13.9. The summed E-state index contributed by atoms with van der Waals surface area (Å²) >= 11 is 0. The van der Waals surface area contributed by atoms with Crippen LogP contribution in [0.3, 0.4) is 0 Å². The Morgan fingerprint density at radius 1 is 1.03 bits per heavy atom. The van der Waals surface area contributed by atoms with E-state index in [-0.39, 0.29) is 28.6 Å². The highest BCUT2D eigenvalue weighted by atomic mass is 16.5. The number of carbonyl (C=O) groups excluding carboxylic acids is 1. The van der Waals surface area contributed by atoms with E-state index in [9.17, 15) is 9.90 Å². The number of benzene rings is 2. The molecule has 2 aromatic carbocycles. The average molecular weight is 455 g/mol. The van der Waals surface area contributed by atoms with Crippen LogP contribution in [0, 0.1) is 0 Å². The highest BCUT2D eigenvalue weighted by molar-refractivity contribution is 5.95. The van der Waals surface area contributed by atoms with Gasteiger partial charge in [-0.25, -0.2) is 0 Å². The maximum absolute atomic E-state index is 12.4. The molecule has 0 saturated heterocycles. The first-order valence-electron chi connectivity index (χ1n) is 12.1. The van der Waals surface area contributed by atoms with Gasteiger partial charge in [0.05, 0.1) is 17.8 Å². The first kappa shape index (κ1) is 26.7. The van der Waals surface area contributed by atoms with Gasteiger partial charge in [-0.2, -0.15) is 0 Å². The van der Waals surface area contributed by atoms with Crippen LogP contribution in [0.4, 0.5) is 5.69 Å². The minimum Gasteiger partial charge on any atom is -0.506 e. The Morgan fingerprint density at radius 2 is 1.67 bits per heavy atom. The monoisotopic (exact) mass is 454 g/mol. The lowest BCUT2D eigenvalue weighted by Crippen LogP contribution is -2.36. The lowest BCUT2D eigenvalue weighted by atomic mass is 9.76. The smallest absolute Gasteiger partial charge is 0.241 e. The summed E-state index contributed by atoms with van der Waals surface area (Å²) in [5, 5.41) is 12.5. The summed E-state index contributed by atoms with van der Waals surface area (Å²) in [5.74, 6) is 0.607. The van der Waals surface area contributed by atoms with E-state index < -0.39 is 6.04 Å². The minimum absolute atomic E-state index is 0.0111. The maximum atomic E-state index is 12.4. The number of carbonyl (C=O) groups is 1. The quantitative estimate of drug-likeness (QED) is 0.349. The second-order valence-corrected chi connectivity index (χ2v) is 10.3. The van der Waals surface area contributed by atoms with Gasteiger partial charge in [0.25, 0.3) is 0 Å². The van der Waals surface area contributed by atoms with Crippen molar-refractivity contribution in [1.82, 2.24) is 0 Å². The predicted octanol–water partition coefficient (Wildman–Crippen LogP) is 6.28. The highest BCUT2D eigenvalue weighted by Crippen LogP contribution is 2.39. The number of phenols is 1. The van der Waals surface area contributed by atoms with Crippen molar-refractivity contribution >= 4 is 11.6 Å². The molecule has 0 saturated carbocycles. The first-order chi connectivity index (χ1) is 15.4. The zero-order chi connectivity index (χ0) is 24.8. The Hall–Kier alpha value is -2.53. The van der Waals surface area contributed by atoms with Gasteiger partial charge in [-0.05, 0) is 67.2 Å². The van der Waals surface area contributed by atoms with Gasteiger partial charge >= 0.3 is 0 Å². The van der Waals surface area contributed by atoms with Gasteiger partial charge < -0.3 is 20.9 Å². The Balaban J connectivity index is 2.07. The molecular weight excluding hydrogens is 412 g/mol. The van der Waals surface area contributed by atoms with Crippen LogP contribution in [0.25, 0.3) is 0 Å². The number of anilines is 1. The molecule has 0 heterocycles. The van der Waals surface area contributed by atoms with E-state index >= 15 is 0 Å². The number of rotatable bonds is 11. The second-order valence-electron chi connectivity index (χ2n) is 10.3. The average Bonchev–Trinajstić information content (AvgIpc) is 2.78. The standard InChI is InChI=1S/C28H42N2O3/c1-8-27(4,5)20-15-17-25(21(18-20)28(6,7)9-2)33-19(3)14-16-22(29)26(32)30-23-12-10-11-13-24(23)31/h10-13,15,17-19,22,31H,8-9,14,16,29H2,1-7H3,(H,30,32). The third-order valence-electron chi connectivity index (χ3n) is 6.97. The summed E-state index contributed by atoms with van der Waals surface area (Å²) in [7, 11) is 0. The molecule has 0 aliphatic heterocycles. The third kappa shape index (κ3) is 6.97. The number of nitrogens with two attached hydrogens (primary N) is 1. The summed E-state index contributed by atoms with van der Waals surface area (Å²) in [5.41, 5.74) is 9.12. The summed E-state index contributed by atoms with van der Waals surface area (Å²) in [6.07, 6.45) is 3.10. The fourth-order valence-electron chi connectivity index (χ4n) is 3.60. The fraction of sp³-hybridized carbons (Fsp3) is 0.536. The number of para-hydroxylation sites is 2. The topological polar surface area (TPSA) is 84.6 Å². The third-order valence-corrected chi connectivity index (χ3v) is 6.97. The van der Waals surface area contributed by atoms with Gasteiger partial charge in [0.15, 0.2) is 0 Å². The number of hydrogen-bond acceptors (Lipinski definition) is 4. The van der Waals surface area contributed by atoms with Gasteiger partial charge in [0.2, 0.25) is 5.91 Å². The van der Waals surface area contributed by atoms with E-state index in [1.165, 1.54) is 17.2 Å². The molecule has 0 aliphatic rings. The molecule has 0 spiro atoms. The van der Waals surface area contributed by atoms with E-state index in [1.54, 1.807) is 18.2 Å². The molecule has 0 aliphatic carbocycles. The van der Waals surface area contributed by atoms with Crippen LogP contribution in [0.2, 0.25) is 0 Å². The molecule has 0 radical (unpaired) electrons. The highest BCUT2D eigenvalue weighted by Gasteiger charge is 2.27. The summed E-state index contributed by atoms with van der Waals surface area (Å²) in [6, 6.07) is 12.5. The van der Waals surface area contributed by atoms with Crippen LogP contribution in [-0.4, -0.2) is 23.2 Å². The molecule has 2 unspecified atom stereocenters. The van der Waals surface area contributed by atoms with E-state index in [4.69, 9.17) is 10.5 Å². The van der Waals surface area contributed by atoms with Gasteiger partial charge in [-0.3, -0.25) is 4.79 Å². The molecule has 5 heteroatoms. The molecule has 182 valence electrons. The van der Waals surface area contributed by atoms with Gasteiger partial charge in [0.1, 0.15) is 11.5 Å². The summed E-state index contributed by atoms with van der Waals surface area (Å²) in [6.45, 7) is 15.5. The molecule has 0 bridgehead atoms. The van der Waals surface area contributed by atoms with Gasteiger partial charge in [-0.1, -0.05) is 65.8 Å². The molecule has 0 fully saturated rings. The molecule has 33 heavy (non-hydrogen) atoms. The maximum Gasteiger partial charge on any atom is 0.241 e. The van der Waals surface area contributed by atoms with Gasteiger partial charge in [0, 0.05) is 5.56 Å². The number of aromatic hydroxyl groups is 1. The van der Waals surface area contributed by atoms with Crippen molar-refractivity contribution in [2.75, 3.05) is 5.32 Å². The minimum atomic E-state index is -0.685. The van der Waals surface area contributed by atoms with E-state index in [1.807, 2.05) is 6.92 Å². The van der Waals surface area contributed by atoms with Crippen molar-refractivity contribution in [2.24, 2.45) is 5.73 Å². The zero-order valence-electron chi connectivity index (χ0n) is 21.4. The first-order valence-corrected chi connectivity index (χ1v) is 12.1. The molecule has 0 aromatic heterocycles. The lowest BCUT2D eigenvalue weighted by Gasteiger charge is -2.31. The number of ether oxygens (including phenoxy) is 1. The van der Waals surface area contributed by atoms with Crippen LogP contribution in [0.15, 0.2) is 42.5 Å². The molecule has 5 nitrogen and oxygen atoms in total. The van der Waals surface area contributed by atoms with Crippen molar-refractivity contribution in [3.05, 3.63) is 53.6 Å². The Bertz CT molecular complexity index is 936. The molecule has 4 N–H and O–H groups in total. The van der Waals surface area contributed by atoms with Crippen molar-refractivity contribution in [2.45, 2.75) is 97.1 Å². The van der Waals surface area contributed by atoms with E-state index in [0.29, 0.717) is 18.5 Å². The molecule has 1 amide bonds. The predicted molar refractivity (Wildman–Crippen MR) is 137 cm³/mol. The van der Waals surface area contributed by atoms with Crippen LogP contribution in [0.1, 0.15) is 85.3 Å². The Kier molecular flexibility index (Phi) is 8.96. The van der Waals surface area contributed by atoms with E-state index in [0.717, 1.165) is 18.6 Å². The SMILES string of the molecule is CCC(C)(C)c1ccc(OC(C)CCC(N)C(=O)Nc2ccccc2O)c(C(C)(C)CC)c1. The van der Waals surface area contributed by atoms with Crippen molar-refractivity contribution in [3.8, 4) is 11.5 Å². The summed E-state index contributed by atoms with van der Waals surface area (Å²) < 4.78 is 6.38. The molecule has 2 rings (SSSR count). The van der Waals surface area contributed by atoms with Crippen molar-refractivity contribution in [1.29, 1.82) is 0 Å². The molecule has 2 atom stereocenters. The molecule has 2 aromatic rings. The van der Waals surface area contributed by atoms with E-state index in [2.05, 4.69) is 65.1 Å². The fourth-order valence-corrected chi connectivity index (χ4v) is 3.60. The van der Waals surface area contributed by atoms with Crippen LogP contribution >= 0.6 is 0 Å². The number of nitrogens with one attached hydrogen (secondary N) is 1. The molecular formula is C28H42N2O3.